The van der Waals surface area contributed by atoms with Gasteiger partial charge in [0, 0.05) is 12.2 Å². The minimum atomic E-state index is 0.0655. The fraction of sp³-hybridized carbons (Fsp3) is 0.538. The molecule has 4 heteroatoms. The molecule has 1 aromatic rings. The summed E-state index contributed by atoms with van der Waals surface area (Å²) >= 11 is 1.65. The normalized spacial score (nSPS) is 18.0. The first-order valence-electron chi connectivity index (χ1n) is 5.83. The minimum Gasteiger partial charge on any atom is -0.507 e. The molecule has 1 aromatic carbocycles. The third kappa shape index (κ3) is 2.11. The van der Waals surface area contributed by atoms with Gasteiger partial charge in [0.2, 0.25) is 0 Å². The largest absolute Gasteiger partial charge is 0.507 e. The molecule has 1 atom stereocenters. The van der Waals surface area contributed by atoms with Gasteiger partial charge < -0.3 is 14.9 Å². The number of phenolic OH excluding ortho intramolecular Hbond substituents is 1. The Morgan fingerprint density at radius 2 is 1.88 bits per heavy atom. The topological polar surface area (TPSA) is 49.7 Å². The highest BCUT2D eigenvalue weighted by Crippen LogP contribution is 2.50. The molecule has 2 rings (SSSR count). The number of aliphatic hydroxyl groups is 1. The summed E-state index contributed by atoms with van der Waals surface area (Å²) in [5.74, 6) is 1.28. The molecule has 1 aliphatic heterocycles. The molecule has 2 N–H and O–H groups in total. The first-order chi connectivity index (χ1) is 8.06. The molecule has 0 amide bonds. The molecule has 0 unspecified atom stereocenters. The Balaban J connectivity index is 2.32. The number of rotatable bonds is 3. The van der Waals surface area contributed by atoms with Gasteiger partial charge in [-0.1, -0.05) is 11.8 Å². The highest BCUT2D eigenvalue weighted by atomic mass is 32.2. The quantitative estimate of drug-likeness (QED) is 0.870. The van der Waals surface area contributed by atoms with Gasteiger partial charge in [0.1, 0.15) is 16.9 Å². The van der Waals surface area contributed by atoms with Gasteiger partial charge in [0.25, 0.3) is 0 Å². The van der Waals surface area contributed by atoms with Crippen LogP contribution in [0.5, 0.6) is 11.5 Å². The van der Waals surface area contributed by atoms with Gasteiger partial charge in [-0.15, -0.1) is 0 Å². The zero-order valence-electron chi connectivity index (χ0n) is 10.4. The Kier molecular flexibility index (Phi) is 3.54. The van der Waals surface area contributed by atoms with Crippen LogP contribution in [0.2, 0.25) is 0 Å². The van der Waals surface area contributed by atoms with Crippen molar-refractivity contribution >= 4 is 11.8 Å². The lowest BCUT2D eigenvalue weighted by atomic mass is 10.0. The number of thioether (sulfide) groups is 1. The first kappa shape index (κ1) is 12.6. The molecule has 0 saturated heterocycles. The summed E-state index contributed by atoms with van der Waals surface area (Å²) in [6, 6.07) is 0. The summed E-state index contributed by atoms with van der Waals surface area (Å²) in [7, 11) is 0. The summed E-state index contributed by atoms with van der Waals surface area (Å²) in [4.78, 5) is 1.05. The molecule has 0 fully saturated rings. The highest BCUT2D eigenvalue weighted by Gasteiger charge is 2.29. The van der Waals surface area contributed by atoms with Gasteiger partial charge in [0.05, 0.1) is 4.90 Å². The van der Waals surface area contributed by atoms with E-state index in [-0.39, 0.29) is 12.0 Å². The lowest BCUT2D eigenvalue weighted by molar-refractivity contribution is 0.238. The molecule has 0 aliphatic carbocycles. The summed E-state index contributed by atoms with van der Waals surface area (Å²) < 4.78 is 5.90. The van der Waals surface area contributed by atoms with Crippen LogP contribution in [0.1, 0.15) is 29.5 Å². The minimum absolute atomic E-state index is 0.0655. The molecule has 94 valence electrons. The smallest absolute Gasteiger partial charge is 0.149 e. The van der Waals surface area contributed by atoms with Crippen molar-refractivity contribution in [3.8, 4) is 11.5 Å². The van der Waals surface area contributed by atoms with E-state index in [4.69, 9.17) is 9.84 Å². The van der Waals surface area contributed by atoms with E-state index in [1.165, 1.54) is 0 Å². The first-order valence-corrected chi connectivity index (χ1v) is 6.71. The summed E-state index contributed by atoms with van der Waals surface area (Å²) in [6.45, 7) is 6.00. The fourth-order valence-corrected chi connectivity index (χ4v) is 3.30. The number of phenols is 1. The molecular weight excluding hydrogens is 236 g/mol. The van der Waals surface area contributed by atoms with Crippen LogP contribution in [-0.4, -0.2) is 22.3 Å². The Hall–Kier alpha value is -0.870. The number of fused-ring (bicyclic) bond motifs is 1. The lowest BCUT2D eigenvalue weighted by Gasteiger charge is -2.12. The molecule has 0 spiro atoms. The Morgan fingerprint density at radius 1 is 1.18 bits per heavy atom. The van der Waals surface area contributed by atoms with E-state index in [2.05, 4.69) is 0 Å². The van der Waals surface area contributed by atoms with Crippen molar-refractivity contribution in [1.82, 2.24) is 0 Å². The second-order valence-corrected chi connectivity index (χ2v) is 5.58. The van der Waals surface area contributed by atoms with E-state index in [0.29, 0.717) is 5.75 Å². The second-order valence-electron chi connectivity index (χ2n) is 4.41. The second kappa shape index (κ2) is 4.78. The molecule has 1 heterocycles. The molecule has 0 saturated carbocycles. The molecule has 1 aliphatic rings. The molecule has 17 heavy (non-hydrogen) atoms. The van der Waals surface area contributed by atoms with Crippen LogP contribution in [-0.2, 0) is 0 Å². The van der Waals surface area contributed by atoms with Gasteiger partial charge in [-0.25, -0.2) is 0 Å². The van der Waals surface area contributed by atoms with Crippen molar-refractivity contribution in [2.75, 3.05) is 6.61 Å². The van der Waals surface area contributed by atoms with E-state index in [9.17, 15) is 5.11 Å². The van der Waals surface area contributed by atoms with Crippen molar-refractivity contribution in [1.29, 1.82) is 0 Å². The average Bonchev–Trinajstić information content (AvgIpc) is 2.75. The van der Waals surface area contributed by atoms with Crippen molar-refractivity contribution < 1.29 is 14.9 Å². The number of hydrogen-bond donors (Lipinski definition) is 2. The van der Waals surface area contributed by atoms with Crippen molar-refractivity contribution in [2.45, 2.75) is 43.9 Å². The van der Waals surface area contributed by atoms with Crippen LogP contribution in [0, 0.1) is 20.8 Å². The van der Waals surface area contributed by atoms with E-state index >= 15 is 0 Å². The summed E-state index contributed by atoms with van der Waals surface area (Å²) in [6.07, 6.45) is 1.57. The molecule has 0 radical (unpaired) electrons. The van der Waals surface area contributed by atoms with E-state index in [1.807, 2.05) is 20.8 Å². The zero-order valence-corrected chi connectivity index (χ0v) is 11.2. The maximum absolute atomic E-state index is 10.0. The van der Waals surface area contributed by atoms with Crippen LogP contribution in [0.4, 0.5) is 0 Å². The predicted molar refractivity (Wildman–Crippen MR) is 68.9 cm³/mol. The van der Waals surface area contributed by atoms with Crippen LogP contribution in [0.25, 0.3) is 0 Å². The molecule has 3 nitrogen and oxygen atoms in total. The maximum Gasteiger partial charge on any atom is 0.149 e. The summed E-state index contributed by atoms with van der Waals surface area (Å²) in [5, 5.41) is 18.8. The van der Waals surface area contributed by atoms with Crippen molar-refractivity contribution in [2.24, 2.45) is 0 Å². The Labute approximate surface area is 106 Å². The lowest BCUT2D eigenvalue weighted by Crippen LogP contribution is -2.07. The van der Waals surface area contributed by atoms with E-state index in [1.54, 1.807) is 11.8 Å². The maximum atomic E-state index is 10.0. The monoisotopic (exact) mass is 254 g/mol. The SMILES string of the molecule is Cc1c(C)c2c(c(C)c1O)S[C@H](CCCO)O2. The Bertz CT molecular complexity index is 406. The highest BCUT2D eigenvalue weighted by molar-refractivity contribution is 8.00. The van der Waals surface area contributed by atoms with Gasteiger partial charge in [-0.3, -0.25) is 0 Å². The van der Waals surface area contributed by atoms with Crippen molar-refractivity contribution in [3.63, 3.8) is 0 Å². The zero-order chi connectivity index (χ0) is 12.6. The third-order valence-electron chi connectivity index (χ3n) is 3.26. The number of ether oxygens (including phenoxy) is 1. The number of aromatic hydroxyl groups is 1. The van der Waals surface area contributed by atoms with Crippen LogP contribution in [0.3, 0.4) is 0 Å². The van der Waals surface area contributed by atoms with Gasteiger partial charge in [-0.05, 0) is 44.7 Å². The van der Waals surface area contributed by atoms with E-state index in [0.717, 1.165) is 40.2 Å². The van der Waals surface area contributed by atoms with Crippen LogP contribution in [0.15, 0.2) is 4.90 Å². The van der Waals surface area contributed by atoms with Crippen LogP contribution < -0.4 is 4.74 Å². The van der Waals surface area contributed by atoms with Gasteiger partial charge in [-0.2, -0.15) is 0 Å². The van der Waals surface area contributed by atoms with Gasteiger partial charge >= 0.3 is 0 Å². The molecular formula is C13H18O3S. The van der Waals surface area contributed by atoms with E-state index < -0.39 is 0 Å². The number of benzene rings is 1. The molecule has 0 aromatic heterocycles. The number of hydrogen-bond acceptors (Lipinski definition) is 4. The third-order valence-corrected chi connectivity index (χ3v) is 4.58. The fourth-order valence-electron chi connectivity index (χ4n) is 2.02. The predicted octanol–water partition coefficient (Wildman–Crippen LogP) is 2.90. The van der Waals surface area contributed by atoms with Gasteiger partial charge in [0.15, 0.2) is 0 Å². The van der Waals surface area contributed by atoms with Crippen molar-refractivity contribution in [3.05, 3.63) is 16.7 Å². The average molecular weight is 254 g/mol. The standard InChI is InChI=1S/C13H18O3S/c1-7-8(2)12-13(9(3)11(7)15)17-10(16-12)5-4-6-14/h10,14-15H,4-6H2,1-3H3/t10-/m1/s1. The Morgan fingerprint density at radius 3 is 2.53 bits per heavy atom. The summed E-state index contributed by atoms with van der Waals surface area (Å²) in [5.41, 5.74) is 2.88. The van der Waals surface area contributed by atoms with Crippen LogP contribution >= 0.6 is 11.8 Å². The molecule has 0 bridgehead atoms. The number of aliphatic hydroxyl groups excluding tert-OH is 1.